The Bertz CT molecular complexity index is 437. The third-order valence-electron chi connectivity index (χ3n) is 3.45. The summed E-state index contributed by atoms with van der Waals surface area (Å²) >= 11 is 1.71. The number of aliphatic hydroxyl groups is 1. The van der Waals surface area contributed by atoms with Gasteiger partial charge in [-0.05, 0) is 37.6 Å². The Labute approximate surface area is 110 Å². The van der Waals surface area contributed by atoms with Gasteiger partial charge in [0.15, 0.2) is 0 Å². The van der Waals surface area contributed by atoms with Crippen LogP contribution in [0.1, 0.15) is 18.1 Å². The maximum atomic E-state index is 12.9. The van der Waals surface area contributed by atoms with Gasteiger partial charge in [-0.3, -0.25) is 0 Å². The van der Waals surface area contributed by atoms with Gasteiger partial charge in [0.1, 0.15) is 11.6 Å². The van der Waals surface area contributed by atoms with Crippen LogP contribution >= 0.6 is 11.8 Å². The van der Waals surface area contributed by atoms with Gasteiger partial charge in [0, 0.05) is 10.6 Å². The van der Waals surface area contributed by atoms with E-state index in [0.717, 1.165) is 17.1 Å². The number of aryl methyl sites for hydroxylation is 1. The number of likely N-dealkylation sites (N-methyl/N-ethyl adjacent to an activating group) is 1. The van der Waals surface area contributed by atoms with Gasteiger partial charge in [0.2, 0.25) is 0 Å². The van der Waals surface area contributed by atoms with Crippen LogP contribution < -0.4 is 5.32 Å². The molecule has 0 saturated heterocycles. The molecule has 1 aliphatic heterocycles. The van der Waals surface area contributed by atoms with E-state index in [9.17, 15) is 13.9 Å². The third kappa shape index (κ3) is 2.39. The van der Waals surface area contributed by atoms with Gasteiger partial charge in [-0.1, -0.05) is 12.1 Å². The van der Waals surface area contributed by atoms with Crippen molar-refractivity contribution in [1.82, 2.24) is 5.32 Å². The molecule has 0 bridgehead atoms. The zero-order chi connectivity index (χ0) is 13.3. The summed E-state index contributed by atoms with van der Waals surface area (Å²) in [6.45, 7) is 1.43. The van der Waals surface area contributed by atoms with Gasteiger partial charge in [-0.2, -0.15) is 0 Å². The highest BCUT2D eigenvalue weighted by molar-refractivity contribution is 7.99. The number of thioether (sulfide) groups is 1. The van der Waals surface area contributed by atoms with Crippen LogP contribution in [-0.4, -0.2) is 30.4 Å². The molecule has 0 aliphatic carbocycles. The van der Waals surface area contributed by atoms with Crippen LogP contribution in [0.3, 0.4) is 0 Å². The first kappa shape index (κ1) is 13.8. The lowest BCUT2D eigenvalue weighted by Crippen LogP contribution is -2.49. The van der Waals surface area contributed by atoms with Crippen molar-refractivity contribution in [2.45, 2.75) is 36.3 Å². The molecule has 100 valence electrons. The highest BCUT2D eigenvalue weighted by Crippen LogP contribution is 2.36. The lowest BCUT2D eigenvalue weighted by Gasteiger charge is -2.32. The second-order valence-electron chi connectivity index (χ2n) is 4.67. The standard InChI is InChI=1S/C13H17F2NOS/c1-13(17,11(16-2)12(14)15)9-4-3-8-5-6-18-10(8)7-9/h3-4,7,11-12,16-17H,5-6H2,1-2H3. The molecule has 1 heterocycles. The minimum Gasteiger partial charge on any atom is -0.384 e. The molecule has 2 atom stereocenters. The Morgan fingerprint density at radius 1 is 1.44 bits per heavy atom. The summed E-state index contributed by atoms with van der Waals surface area (Å²) in [4.78, 5) is 1.09. The lowest BCUT2D eigenvalue weighted by atomic mass is 9.87. The van der Waals surface area contributed by atoms with Crippen LogP contribution in [0, 0.1) is 0 Å². The zero-order valence-electron chi connectivity index (χ0n) is 10.4. The van der Waals surface area contributed by atoms with E-state index in [1.165, 1.54) is 19.5 Å². The average Bonchev–Trinajstić information content (AvgIpc) is 2.75. The van der Waals surface area contributed by atoms with Crippen molar-refractivity contribution in [3.05, 3.63) is 29.3 Å². The summed E-state index contributed by atoms with van der Waals surface area (Å²) in [6.07, 6.45) is -1.61. The summed E-state index contributed by atoms with van der Waals surface area (Å²) in [5.41, 5.74) is 0.189. The number of halogens is 2. The first-order chi connectivity index (χ1) is 8.46. The minimum atomic E-state index is -2.62. The van der Waals surface area contributed by atoms with Crippen LogP contribution in [0.25, 0.3) is 0 Å². The number of rotatable bonds is 4. The monoisotopic (exact) mass is 273 g/mol. The zero-order valence-corrected chi connectivity index (χ0v) is 11.2. The van der Waals surface area contributed by atoms with Gasteiger partial charge in [-0.15, -0.1) is 11.8 Å². The van der Waals surface area contributed by atoms with Gasteiger partial charge >= 0.3 is 0 Å². The Kier molecular flexibility index (Phi) is 3.94. The Balaban J connectivity index is 2.34. The van der Waals surface area contributed by atoms with E-state index >= 15 is 0 Å². The summed E-state index contributed by atoms with van der Waals surface area (Å²) < 4.78 is 25.9. The molecule has 2 rings (SSSR count). The summed E-state index contributed by atoms with van der Waals surface area (Å²) in [5, 5.41) is 12.9. The van der Waals surface area contributed by atoms with Crippen molar-refractivity contribution in [2.24, 2.45) is 0 Å². The average molecular weight is 273 g/mol. The summed E-state index contributed by atoms with van der Waals surface area (Å²) in [5.74, 6) is 1.02. The molecule has 2 N–H and O–H groups in total. The van der Waals surface area contributed by atoms with Crippen molar-refractivity contribution in [2.75, 3.05) is 12.8 Å². The fraction of sp³-hybridized carbons (Fsp3) is 0.538. The molecule has 2 unspecified atom stereocenters. The van der Waals surface area contributed by atoms with Gasteiger partial charge in [0.25, 0.3) is 6.43 Å². The molecule has 0 spiro atoms. The Morgan fingerprint density at radius 3 is 2.78 bits per heavy atom. The molecule has 0 fully saturated rings. The smallest absolute Gasteiger partial charge is 0.256 e. The second kappa shape index (κ2) is 5.15. The largest absolute Gasteiger partial charge is 0.384 e. The van der Waals surface area contributed by atoms with Gasteiger partial charge < -0.3 is 10.4 Å². The van der Waals surface area contributed by atoms with Crippen LogP contribution in [-0.2, 0) is 12.0 Å². The van der Waals surface area contributed by atoms with Crippen LogP contribution in [0.5, 0.6) is 0 Å². The molecule has 0 saturated carbocycles. The molecular weight excluding hydrogens is 256 g/mol. The highest BCUT2D eigenvalue weighted by atomic mass is 32.2. The van der Waals surface area contributed by atoms with E-state index in [4.69, 9.17) is 0 Å². The molecular formula is C13H17F2NOS. The topological polar surface area (TPSA) is 32.3 Å². The number of alkyl halides is 2. The van der Waals surface area contributed by atoms with Crippen molar-refractivity contribution in [1.29, 1.82) is 0 Å². The number of hydrogen-bond donors (Lipinski definition) is 2. The fourth-order valence-electron chi connectivity index (χ4n) is 2.31. The molecule has 5 heteroatoms. The fourth-order valence-corrected chi connectivity index (χ4v) is 3.42. The molecule has 1 aromatic carbocycles. The molecule has 0 amide bonds. The molecule has 0 aromatic heterocycles. The Hall–Kier alpha value is -0.650. The number of hydrogen-bond acceptors (Lipinski definition) is 3. The second-order valence-corrected chi connectivity index (χ2v) is 5.81. The summed E-state index contributed by atoms with van der Waals surface area (Å²) in [6, 6.07) is 4.23. The molecule has 2 nitrogen and oxygen atoms in total. The molecule has 18 heavy (non-hydrogen) atoms. The number of fused-ring (bicyclic) bond motifs is 1. The van der Waals surface area contributed by atoms with Crippen LogP contribution in [0.4, 0.5) is 8.78 Å². The van der Waals surface area contributed by atoms with E-state index in [1.807, 2.05) is 12.1 Å². The van der Waals surface area contributed by atoms with Crippen molar-refractivity contribution >= 4 is 11.8 Å². The predicted molar refractivity (Wildman–Crippen MR) is 69.3 cm³/mol. The minimum absolute atomic E-state index is 0.537. The molecule has 1 aromatic rings. The number of benzene rings is 1. The van der Waals surface area contributed by atoms with Crippen LogP contribution in [0.2, 0.25) is 0 Å². The lowest BCUT2D eigenvalue weighted by molar-refractivity contribution is -0.0485. The quantitative estimate of drug-likeness (QED) is 0.883. The number of nitrogens with one attached hydrogen (secondary N) is 1. The first-order valence-corrected chi connectivity index (χ1v) is 6.89. The Morgan fingerprint density at radius 2 is 2.17 bits per heavy atom. The van der Waals surface area contributed by atoms with Crippen molar-refractivity contribution < 1.29 is 13.9 Å². The maximum absolute atomic E-state index is 12.9. The van der Waals surface area contributed by atoms with E-state index < -0.39 is 18.1 Å². The molecule has 0 radical (unpaired) electrons. The predicted octanol–water partition coefficient (Wildman–Crippen LogP) is 2.40. The summed E-state index contributed by atoms with van der Waals surface area (Å²) in [7, 11) is 1.44. The van der Waals surface area contributed by atoms with Crippen LogP contribution in [0.15, 0.2) is 23.1 Å². The molecule has 1 aliphatic rings. The van der Waals surface area contributed by atoms with E-state index in [0.29, 0.717) is 5.56 Å². The van der Waals surface area contributed by atoms with Gasteiger partial charge in [-0.25, -0.2) is 8.78 Å². The van der Waals surface area contributed by atoms with Crippen molar-refractivity contribution in [3.63, 3.8) is 0 Å². The van der Waals surface area contributed by atoms with Crippen molar-refractivity contribution in [3.8, 4) is 0 Å². The SMILES string of the molecule is CNC(C(F)F)C(C)(O)c1ccc2c(c1)SCC2. The van der Waals surface area contributed by atoms with E-state index in [2.05, 4.69) is 5.32 Å². The van der Waals surface area contributed by atoms with E-state index in [1.54, 1.807) is 17.8 Å². The van der Waals surface area contributed by atoms with Gasteiger partial charge in [0.05, 0.1) is 0 Å². The first-order valence-electron chi connectivity index (χ1n) is 5.91. The maximum Gasteiger partial charge on any atom is 0.256 e. The normalized spacial score (nSPS) is 19.7. The van der Waals surface area contributed by atoms with E-state index in [-0.39, 0.29) is 0 Å². The third-order valence-corrected chi connectivity index (χ3v) is 4.55. The highest BCUT2D eigenvalue weighted by Gasteiger charge is 2.39.